The van der Waals surface area contributed by atoms with E-state index in [9.17, 15) is 5.11 Å². The second-order valence-corrected chi connectivity index (χ2v) is 4.32. The molecule has 0 bridgehead atoms. The molecule has 0 unspecified atom stereocenters. The van der Waals surface area contributed by atoms with Crippen LogP contribution in [0.15, 0.2) is 29.2 Å². The van der Waals surface area contributed by atoms with Gasteiger partial charge >= 0.3 is 0 Å². The summed E-state index contributed by atoms with van der Waals surface area (Å²) in [5, 5.41) is 9.20. The lowest BCUT2D eigenvalue weighted by Crippen LogP contribution is -2.14. The minimum absolute atomic E-state index is 0.342. The first kappa shape index (κ1) is 10.4. The summed E-state index contributed by atoms with van der Waals surface area (Å²) in [7, 11) is 4.12. The fourth-order valence-corrected chi connectivity index (χ4v) is 1.99. The summed E-state index contributed by atoms with van der Waals surface area (Å²) in [6.07, 6.45) is 0. The van der Waals surface area contributed by atoms with Gasteiger partial charge in [0, 0.05) is 17.2 Å². The third kappa shape index (κ3) is 4.20. The fraction of sp³-hybridized carbons (Fsp3) is 0.400. The van der Waals surface area contributed by atoms with Gasteiger partial charge in [0.15, 0.2) is 0 Å². The first-order chi connectivity index (χ1) is 6.18. The molecule has 1 N–H and O–H groups in total. The molecular weight excluding hydrogens is 182 g/mol. The zero-order valence-electron chi connectivity index (χ0n) is 8.03. The molecule has 0 aliphatic carbocycles. The fourth-order valence-electron chi connectivity index (χ4n) is 0.919. The number of hydrogen-bond donors (Lipinski definition) is 1. The van der Waals surface area contributed by atoms with E-state index in [1.54, 1.807) is 23.9 Å². The second-order valence-electron chi connectivity index (χ2n) is 3.15. The van der Waals surface area contributed by atoms with Gasteiger partial charge in [0.2, 0.25) is 0 Å². The molecule has 2 nitrogen and oxygen atoms in total. The van der Waals surface area contributed by atoms with Crippen LogP contribution in [0.1, 0.15) is 0 Å². The van der Waals surface area contributed by atoms with Crippen LogP contribution in [-0.4, -0.2) is 36.4 Å². The van der Waals surface area contributed by atoms with Crippen LogP contribution >= 0.6 is 11.8 Å². The molecule has 0 saturated carbocycles. The van der Waals surface area contributed by atoms with E-state index in [0.717, 1.165) is 17.2 Å². The lowest BCUT2D eigenvalue weighted by Gasteiger charge is -2.08. The quantitative estimate of drug-likeness (QED) is 0.747. The van der Waals surface area contributed by atoms with Crippen molar-refractivity contribution in [2.45, 2.75) is 4.90 Å². The van der Waals surface area contributed by atoms with Gasteiger partial charge in [0.05, 0.1) is 0 Å². The van der Waals surface area contributed by atoms with Gasteiger partial charge in [-0.3, -0.25) is 0 Å². The lowest BCUT2D eigenvalue weighted by atomic mass is 10.3. The van der Waals surface area contributed by atoms with Gasteiger partial charge < -0.3 is 10.0 Å². The van der Waals surface area contributed by atoms with Gasteiger partial charge in [-0.15, -0.1) is 11.8 Å². The molecule has 0 atom stereocenters. The van der Waals surface area contributed by atoms with Crippen molar-refractivity contribution in [3.05, 3.63) is 24.3 Å². The highest BCUT2D eigenvalue weighted by atomic mass is 32.2. The largest absolute Gasteiger partial charge is 0.508 e. The van der Waals surface area contributed by atoms with E-state index in [1.165, 1.54) is 0 Å². The van der Waals surface area contributed by atoms with E-state index in [1.807, 2.05) is 12.1 Å². The minimum Gasteiger partial charge on any atom is -0.508 e. The van der Waals surface area contributed by atoms with Crippen LogP contribution < -0.4 is 0 Å². The maximum Gasteiger partial charge on any atom is 0.116 e. The maximum absolute atomic E-state index is 9.20. The Morgan fingerprint density at radius 2 is 2.15 bits per heavy atom. The van der Waals surface area contributed by atoms with Crippen LogP contribution in [0.5, 0.6) is 5.75 Å². The first-order valence-corrected chi connectivity index (χ1v) is 5.23. The summed E-state index contributed by atoms with van der Waals surface area (Å²) < 4.78 is 0. The van der Waals surface area contributed by atoms with E-state index in [-0.39, 0.29) is 0 Å². The molecule has 1 rings (SSSR count). The number of thioether (sulfide) groups is 1. The van der Waals surface area contributed by atoms with E-state index in [2.05, 4.69) is 19.0 Å². The molecule has 3 heteroatoms. The average Bonchev–Trinajstić information content (AvgIpc) is 2.03. The van der Waals surface area contributed by atoms with Gasteiger partial charge in [-0.2, -0.15) is 0 Å². The van der Waals surface area contributed by atoms with Crippen LogP contribution in [0.25, 0.3) is 0 Å². The number of rotatable bonds is 4. The topological polar surface area (TPSA) is 23.5 Å². The Labute approximate surface area is 83.6 Å². The Morgan fingerprint density at radius 3 is 2.77 bits per heavy atom. The first-order valence-electron chi connectivity index (χ1n) is 4.25. The summed E-state index contributed by atoms with van der Waals surface area (Å²) in [5.41, 5.74) is 0. The molecule has 1 aromatic rings. The Kier molecular flexibility index (Phi) is 4.12. The number of aromatic hydroxyl groups is 1. The SMILES string of the molecule is CN(C)CCSc1cccc(O)c1. The Balaban J connectivity index is 2.37. The van der Waals surface area contributed by atoms with Crippen LogP contribution in [0.2, 0.25) is 0 Å². The molecule has 0 heterocycles. The monoisotopic (exact) mass is 197 g/mol. The summed E-state index contributed by atoms with van der Waals surface area (Å²) in [6, 6.07) is 7.36. The third-order valence-electron chi connectivity index (χ3n) is 1.62. The van der Waals surface area contributed by atoms with Crippen LogP contribution in [0.3, 0.4) is 0 Å². The summed E-state index contributed by atoms with van der Waals surface area (Å²) in [5.74, 6) is 1.39. The Bertz CT molecular complexity index is 263. The van der Waals surface area contributed by atoms with Gasteiger partial charge in [-0.05, 0) is 32.3 Å². The van der Waals surface area contributed by atoms with Crippen LogP contribution in [-0.2, 0) is 0 Å². The molecule has 0 fully saturated rings. The Hall–Kier alpha value is -0.670. The second kappa shape index (κ2) is 5.14. The molecule has 0 aliphatic rings. The normalized spacial score (nSPS) is 10.7. The molecule has 72 valence electrons. The van der Waals surface area contributed by atoms with Gasteiger partial charge in [0.1, 0.15) is 5.75 Å². The number of nitrogens with zero attached hydrogens (tertiary/aromatic N) is 1. The molecule has 0 amide bonds. The van der Waals surface area contributed by atoms with Crippen molar-refractivity contribution in [2.24, 2.45) is 0 Å². The maximum atomic E-state index is 9.20. The zero-order valence-corrected chi connectivity index (χ0v) is 8.84. The van der Waals surface area contributed by atoms with Crippen LogP contribution in [0.4, 0.5) is 0 Å². The molecule has 0 saturated heterocycles. The molecule has 0 aromatic heterocycles. The predicted octanol–water partition coefficient (Wildman–Crippen LogP) is 2.05. The van der Waals surface area contributed by atoms with Crippen molar-refractivity contribution in [1.29, 1.82) is 0 Å². The number of phenols is 1. The van der Waals surface area contributed by atoms with Crippen molar-refractivity contribution < 1.29 is 5.11 Å². The Morgan fingerprint density at radius 1 is 1.38 bits per heavy atom. The van der Waals surface area contributed by atoms with Gasteiger partial charge in [0.25, 0.3) is 0 Å². The van der Waals surface area contributed by atoms with Gasteiger partial charge in [-0.25, -0.2) is 0 Å². The molecule has 0 spiro atoms. The lowest BCUT2D eigenvalue weighted by molar-refractivity contribution is 0.437. The van der Waals surface area contributed by atoms with Gasteiger partial charge in [-0.1, -0.05) is 6.07 Å². The molecule has 0 radical (unpaired) electrons. The predicted molar refractivity (Wildman–Crippen MR) is 57.4 cm³/mol. The summed E-state index contributed by atoms with van der Waals surface area (Å²) in [4.78, 5) is 3.28. The molecule has 13 heavy (non-hydrogen) atoms. The summed E-state index contributed by atoms with van der Waals surface area (Å²) in [6.45, 7) is 1.06. The standard InChI is InChI=1S/C10H15NOS/c1-11(2)6-7-13-10-5-3-4-9(12)8-10/h3-5,8,12H,6-7H2,1-2H3. The van der Waals surface area contributed by atoms with E-state index in [0.29, 0.717) is 5.75 Å². The van der Waals surface area contributed by atoms with Crippen molar-refractivity contribution in [3.8, 4) is 5.75 Å². The van der Waals surface area contributed by atoms with Crippen LogP contribution in [0, 0.1) is 0 Å². The number of phenolic OH excluding ortho intramolecular Hbond substituents is 1. The van der Waals surface area contributed by atoms with Crippen molar-refractivity contribution in [3.63, 3.8) is 0 Å². The van der Waals surface area contributed by atoms with Crippen molar-refractivity contribution in [1.82, 2.24) is 4.90 Å². The molecule has 0 aliphatic heterocycles. The molecular formula is C10H15NOS. The van der Waals surface area contributed by atoms with Crippen molar-refractivity contribution in [2.75, 3.05) is 26.4 Å². The van der Waals surface area contributed by atoms with E-state index in [4.69, 9.17) is 0 Å². The van der Waals surface area contributed by atoms with Crippen molar-refractivity contribution >= 4 is 11.8 Å². The smallest absolute Gasteiger partial charge is 0.116 e. The highest BCUT2D eigenvalue weighted by Crippen LogP contribution is 2.21. The highest BCUT2D eigenvalue weighted by molar-refractivity contribution is 7.99. The third-order valence-corrected chi connectivity index (χ3v) is 2.60. The average molecular weight is 197 g/mol. The minimum atomic E-state index is 0.342. The number of benzene rings is 1. The zero-order chi connectivity index (χ0) is 9.68. The van der Waals surface area contributed by atoms with E-state index >= 15 is 0 Å². The van der Waals surface area contributed by atoms with E-state index < -0.39 is 0 Å². The summed E-state index contributed by atoms with van der Waals surface area (Å²) >= 11 is 1.76. The number of hydrogen-bond acceptors (Lipinski definition) is 3. The highest BCUT2D eigenvalue weighted by Gasteiger charge is 1.95. The molecule has 1 aromatic carbocycles.